The lowest BCUT2D eigenvalue weighted by Crippen LogP contribution is -2.47. The van der Waals surface area contributed by atoms with Gasteiger partial charge in [0.05, 0.1) is 5.41 Å². The average Bonchev–Trinajstić information content (AvgIpc) is 2.91. The molecule has 1 aromatic rings. The standard InChI is InChI=1S/C15H24N2OS/c1-14(2,12-5-4-10-19-12)13(18)17-11-15(3)6-8-16-9-7-15/h4-5,10,16H,6-9,11H2,1-3H3,(H,17,18). The smallest absolute Gasteiger partial charge is 0.230 e. The molecule has 1 aliphatic heterocycles. The lowest BCUT2D eigenvalue weighted by atomic mass is 9.80. The van der Waals surface area contributed by atoms with Crippen LogP contribution in [0.25, 0.3) is 0 Å². The van der Waals surface area contributed by atoms with Crippen molar-refractivity contribution in [2.24, 2.45) is 5.41 Å². The highest BCUT2D eigenvalue weighted by molar-refractivity contribution is 7.10. The molecule has 1 saturated heterocycles. The van der Waals surface area contributed by atoms with E-state index < -0.39 is 5.41 Å². The van der Waals surface area contributed by atoms with Gasteiger partial charge in [0.15, 0.2) is 0 Å². The first-order valence-corrected chi connectivity index (χ1v) is 7.85. The molecule has 0 aromatic carbocycles. The summed E-state index contributed by atoms with van der Waals surface area (Å²) >= 11 is 1.65. The van der Waals surface area contributed by atoms with Crippen molar-refractivity contribution in [3.63, 3.8) is 0 Å². The molecular formula is C15H24N2OS. The Morgan fingerprint density at radius 3 is 2.74 bits per heavy atom. The van der Waals surface area contributed by atoms with Gasteiger partial charge in [0.25, 0.3) is 0 Å². The molecule has 2 heterocycles. The summed E-state index contributed by atoms with van der Waals surface area (Å²) in [5, 5.41) is 8.56. The molecule has 1 fully saturated rings. The highest BCUT2D eigenvalue weighted by Gasteiger charge is 2.33. The quantitative estimate of drug-likeness (QED) is 0.890. The van der Waals surface area contributed by atoms with E-state index in [1.165, 1.54) is 0 Å². The van der Waals surface area contributed by atoms with Crippen LogP contribution in [0.2, 0.25) is 0 Å². The molecule has 1 aliphatic rings. The highest BCUT2D eigenvalue weighted by atomic mass is 32.1. The van der Waals surface area contributed by atoms with Crippen molar-refractivity contribution in [3.05, 3.63) is 22.4 Å². The summed E-state index contributed by atoms with van der Waals surface area (Å²) in [4.78, 5) is 13.6. The zero-order valence-corrected chi connectivity index (χ0v) is 12.9. The Hall–Kier alpha value is -0.870. The first-order chi connectivity index (χ1) is 8.94. The van der Waals surface area contributed by atoms with Gasteiger partial charge in [0.2, 0.25) is 5.91 Å². The third-order valence-electron chi connectivity index (χ3n) is 4.19. The maximum atomic E-state index is 12.4. The van der Waals surface area contributed by atoms with E-state index in [0.717, 1.165) is 37.4 Å². The van der Waals surface area contributed by atoms with E-state index in [-0.39, 0.29) is 11.3 Å². The van der Waals surface area contributed by atoms with Crippen molar-refractivity contribution in [3.8, 4) is 0 Å². The van der Waals surface area contributed by atoms with Gasteiger partial charge in [-0.25, -0.2) is 0 Å². The molecule has 0 atom stereocenters. The summed E-state index contributed by atoms with van der Waals surface area (Å²) in [6, 6.07) is 4.04. The van der Waals surface area contributed by atoms with Crippen LogP contribution in [0.5, 0.6) is 0 Å². The predicted octanol–water partition coefficient (Wildman–Crippen LogP) is 2.53. The van der Waals surface area contributed by atoms with Crippen LogP contribution >= 0.6 is 11.3 Å². The van der Waals surface area contributed by atoms with Gasteiger partial charge in [0.1, 0.15) is 0 Å². The molecule has 0 unspecified atom stereocenters. The summed E-state index contributed by atoms with van der Waals surface area (Å²) in [6.07, 6.45) is 2.26. The normalized spacial score (nSPS) is 19.1. The molecule has 106 valence electrons. The van der Waals surface area contributed by atoms with Crippen molar-refractivity contribution in [2.45, 2.75) is 39.0 Å². The molecule has 3 nitrogen and oxygen atoms in total. The van der Waals surface area contributed by atoms with E-state index in [2.05, 4.69) is 17.6 Å². The van der Waals surface area contributed by atoms with Crippen LogP contribution in [-0.4, -0.2) is 25.5 Å². The van der Waals surface area contributed by atoms with Crippen LogP contribution in [0.1, 0.15) is 38.5 Å². The van der Waals surface area contributed by atoms with Crippen LogP contribution in [0.3, 0.4) is 0 Å². The summed E-state index contributed by atoms with van der Waals surface area (Å²) in [5.41, 5.74) is -0.191. The second-order valence-electron chi connectivity index (χ2n) is 6.35. The molecule has 0 bridgehead atoms. The van der Waals surface area contributed by atoms with Crippen molar-refractivity contribution in [2.75, 3.05) is 19.6 Å². The van der Waals surface area contributed by atoms with Gasteiger partial charge in [0, 0.05) is 11.4 Å². The lowest BCUT2D eigenvalue weighted by molar-refractivity contribution is -0.126. The maximum Gasteiger partial charge on any atom is 0.230 e. The largest absolute Gasteiger partial charge is 0.355 e. The zero-order chi connectivity index (χ0) is 13.9. The third kappa shape index (κ3) is 3.37. The van der Waals surface area contributed by atoms with Gasteiger partial charge in [-0.1, -0.05) is 13.0 Å². The van der Waals surface area contributed by atoms with E-state index in [1.807, 2.05) is 31.4 Å². The Bertz CT molecular complexity index is 419. The van der Waals surface area contributed by atoms with Gasteiger partial charge >= 0.3 is 0 Å². The van der Waals surface area contributed by atoms with Crippen LogP contribution < -0.4 is 10.6 Å². The minimum atomic E-state index is -0.433. The van der Waals surface area contributed by atoms with Crippen LogP contribution in [0, 0.1) is 5.41 Å². The molecule has 19 heavy (non-hydrogen) atoms. The third-order valence-corrected chi connectivity index (χ3v) is 5.38. The fourth-order valence-corrected chi connectivity index (χ4v) is 3.32. The summed E-state index contributed by atoms with van der Waals surface area (Å²) < 4.78 is 0. The minimum absolute atomic E-state index is 0.134. The lowest BCUT2D eigenvalue weighted by Gasteiger charge is -2.35. The fourth-order valence-electron chi connectivity index (χ4n) is 2.47. The average molecular weight is 280 g/mol. The summed E-state index contributed by atoms with van der Waals surface area (Å²) in [7, 11) is 0. The summed E-state index contributed by atoms with van der Waals surface area (Å²) in [5.74, 6) is 0.134. The second kappa shape index (κ2) is 5.63. The van der Waals surface area contributed by atoms with E-state index in [0.29, 0.717) is 0 Å². The highest BCUT2D eigenvalue weighted by Crippen LogP contribution is 2.30. The number of carbonyl (C=O) groups is 1. The molecule has 2 rings (SSSR count). The molecule has 4 heteroatoms. The van der Waals surface area contributed by atoms with Gasteiger partial charge < -0.3 is 10.6 Å². The van der Waals surface area contributed by atoms with Crippen molar-refractivity contribution in [1.82, 2.24) is 10.6 Å². The second-order valence-corrected chi connectivity index (χ2v) is 7.29. The maximum absolute atomic E-state index is 12.4. The van der Waals surface area contributed by atoms with Gasteiger partial charge in [-0.3, -0.25) is 4.79 Å². The van der Waals surface area contributed by atoms with Crippen molar-refractivity contribution in [1.29, 1.82) is 0 Å². The molecule has 0 spiro atoms. The Morgan fingerprint density at radius 2 is 2.16 bits per heavy atom. The molecule has 2 N–H and O–H groups in total. The number of nitrogens with one attached hydrogen (secondary N) is 2. The molecule has 0 aliphatic carbocycles. The van der Waals surface area contributed by atoms with Gasteiger partial charge in [-0.05, 0) is 56.6 Å². The number of hydrogen-bond donors (Lipinski definition) is 2. The Labute approximate surface area is 119 Å². The summed E-state index contributed by atoms with van der Waals surface area (Å²) in [6.45, 7) is 9.16. The molecule has 0 saturated carbocycles. The molecule has 0 radical (unpaired) electrons. The Balaban J connectivity index is 1.94. The number of amides is 1. The first-order valence-electron chi connectivity index (χ1n) is 6.97. The van der Waals surface area contributed by atoms with Crippen LogP contribution in [-0.2, 0) is 10.2 Å². The van der Waals surface area contributed by atoms with Gasteiger partial charge in [-0.15, -0.1) is 11.3 Å². The molecule has 1 amide bonds. The monoisotopic (exact) mass is 280 g/mol. The minimum Gasteiger partial charge on any atom is -0.355 e. The van der Waals surface area contributed by atoms with Gasteiger partial charge in [-0.2, -0.15) is 0 Å². The number of hydrogen-bond acceptors (Lipinski definition) is 3. The van der Waals surface area contributed by atoms with Crippen LogP contribution in [0.4, 0.5) is 0 Å². The number of rotatable bonds is 4. The van der Waals surface area contributed by atoms with Crippen molar-refractivity contribution < 1.29 is 4.79 Å². The van der Waals surface area contributed by atoms with E-state index in [4.69, 9.17) is 0 Å². The van der Waals surface area contributed by atoms with Crippen molar-refractivity contribution >= 4 is 17.2 Å². The zero-order valence-electron chi connectivity index (χ0n) is 12.1. The first kappa shape index (κ1) is 14.5. The molecular weight excluding hydrogens is 256 g/mol. The number of carbonyl (C=O) groups excluding carboxylic acids is 1. The SMILES string of the molecule is CC1(CNC(=O)C(C)(C)c2cccs2)CCNCC1. The van der Waals surface area contributed by atoms with E-state index in [1.54, 1.807) is 11.3 Å². The van der Waals surface area contributed by atoms with Crippen LogP contribution in [0.15, 0.2) is 17.5 Å². The molecule has 1 aromatic heterocycles. The Morgan fingerprint density at radius 1 is 1.47 bits per heavy atom. The van der Waals surface area contributed by atoms with E-state index >= 15 is 0 Å². The Kier molecular flexibility index (Phi) is 4.31. The fraction of sp³-hybridized carbons (Fsp3) is 0.667. The van der Waals surface area contributed by atoms with E-state index in [9.17, 15) is 4.79 Å². The number of thiophene rings is 1. The number of piperidine rings is 1. The predicted molar refractivity (Wildman–Crippen MR) is 80.6 cm³/mol. The topological polar surface area (TPSA) is 41.1 Å².